The number of hydrogen-bond acceptors (Lipinski definition) is 3. The van der Waals surface area contributed by atoms with Crippen molar-refractivity contribution < 1.29 is 4.42 Å². The van der Waals surface area contributed by atoms with Gasteiger partial charge in [-0.15, -0.1) is 0 Å². The highest BCUT2D eigenvalue weighted by Gasteiger charge is 2.19. The predicted octanol–water partition coefficient (Wildman–Crippen LogP) is 15.0. The fourth-order valence-corrected chi connectivity index (χ4v) is 8.97. The highest BCUT2D eigenvalue weighted by molar-refractivity contribution is 6.14. The van der Waals surface area contributed by atoms with Gasteiger partial charge in [0.25, 0.3) is 0 Å². The van der Waals surface area contributed by atoms with Crippen molar-refractivity contribution >= 4 is 54.6 Å². The van der Waals surface area contributed by atoms with Gasteiger partial charge in [0.2, 0.25) is 0 Å². The van der Waals surface area contributed by atoms with Crippen LogP contribution in [0.2, 0.25) is 0 Å². The number of benzene rings is 9. The summed E-state index contributed by atoms with van der Waals surface area (Å²) < 4.78 is 8.93. The van der Waals surface area contributed by atoms with Gasteiger partial charge in [-0.1, -0.05) is 152 Å². The second-order valence-electron chi connectivity index (χ2n) is 15.4. The fourth-order valence-electron chi connectivity index (χ4n) is 8.97. The molecule has 12 aromatic rings. The van der Waals surface area contributed by atoms with E-state index >= 15 is 0 Å². The second kappa shape index (κ2) is 13.8. The third-order valence-electron chi connectivity index (χ3n) is 11.8. The van der Waals surface area contributed by atoms with Crippen molar-refractivity contribution in [2.75, 3.05) is 0 Å². The van der Waals surface area contributed by atoms with Crippen LogP contribution in [0.5, 0.6) is 0 Å². The first kappa shape index (κ1) is 34.0. The van der Waals surface area contributed by atoms with E-state index in [-0.39, 0.29) is 0 Å². The van der Waals surface area contributed by atoms with Crippen LogP contribution in [0.15, 0.2) is 217 Å². The zero-order chi connectivity index (χ0) is 39.6. The largest absolute Gasteiger partial charge is 0.456 e. The van der Waals surface area contributed by atoms with E-state index in [0.29, 0.717) is 5.82 Å². The number of furan rings is 1. The molecule has 0 N–H and O–H groups in total. The number of para-hydroxylation sites is 2. The zero-order valence-corrected chi connectivity index (χ0v) is 32.5. The van der Waals surface area contributed by atoms with Gasteiger partial charge in [-0.2, -0.15) is 0 Å². The summed E-state index contributed by atoms with van der Waals surface area (Å²) >= 11 is 0. The van der Waals surface area contributed by atoms with E-state index in [1.54, 1.807) is 0 Å². The van der Waals surface area contributed by atoms with Crippen LogP contribution in [0.1, 0.15) is 0 Å². The van der Waals surface area contributed by atoms with Gasteiger partial charge in [0.15, 0.2) is 5.82 Å². The number of nitrogens with zero attached hydrogens (tertiary/aromatic N) is 3. The molecule has 0 aliphatic heterocycles. The molecule has 60 heavy (non-hydrogen) atoms. The van der Waals surface area contributed by atoms with Gasteiger partial charge < -0.3 is 8.98 Å². The van der Waals surface area contributed by atoms with E-state index in [1.807, 2.05) is 30.3 Å². The Kier molecular flexibility index (Phi) is 7.82. The van der Waals surface area contributed by atoms with E-state index in [4.69, 9.17) is 14.4 Å². The Morgan fingerprint density at radius 2 is 0.950 bits per heavy atom. The van der Waals surface area contributed by atoms with Crippen molar-refractivity contribution in [2.45, 2.75) is 0 Å². The molecule has 280 valence electrons. The summed E-state index contributed by atoms with van der Waals surface area (Å²) in [5.41, 5.74) is 15.9. The molecule has 9 aromatic carbocycles. The lowest BCUT2D eigenvalue weighted by atomic mass is 9.98. The topological polar surface area (TPSA) is 43.9 Å². The standard InChI is InChI=1S/C56H35N3O/c1-4-15-36(16-5-1)41-31-42(37-17-6-2-7-18-37)33-43(32-41)59-50-25-13-11-21-44(50)47-34-39(27-29-51(47)59)40-28-30-52-48(35-40)54-46(23-14-26-53(54)60-52)56-57-49-24-12-10-22-45(49)55(58-56)38-19-8-3-9-20-38/h1-35H. The van der Waals surface area contributed by atoms with Crippen molar-refractivity contribution in [3.8, 4) is 61.7 Å². The molecule has 4 nitrogen and oxygen atoms in total. The smallest absolute Gasteiger partial charge is 0.161 e. The Hall–Kier alpha value is -8.08. The number of fused-ring (bicyclic) bond motifs is 7. The Labute approximate surface area is 346 Å². The van der Waals surface area contributed by atoms with E-state index in [9.17, 15) is 0 Å². The first-order valence-corrected chi connectivity index (χ1v) is 20.3. The summed E-state index contributed by atoms with van der Waals surface area (Å²) in [6.45, 7) is 0. The molecule has 0 saturated heterocycles. The molecule has 0 unspecified atom stereocenters. The van der Waals surface area contributed by atoms with Crippen LogP contribution in [0.3, 0.4) is 0 Å². The third kappa shape index (κ3) is 5.61. The van der Waals surface area contributed by atoms with Gasteiger partial charge in [-0.3, -0.25) is 0 Å². The molecule has 12 rings (SSSR count). The normalized spacial score (nSPS) is 11.7. The van der Waals surface area contributed by atoms with Crippen LogP contribution < -0.4 is 0 Å². The van der Waals surface area contributed by atoms with E-state index in [1.165, 1.54) is 38.5 Å². The molecule has 0 atom stereocenters. The van der Waals surface area contributed by atoms with E-state index < -0.39 is 0 Å². The molecule has 0 bridgehead atoms. The SMILES string of the molecule is c1ccc(-c2cc(-c3ccccc3)cc(-n3c4ccccc4c4cc(-c5ccc6oc7cccc(-c8nc(-c9ccccc9)c9ccccc9n8)c7c6c5)ccc43)c2)cc1. The second-order valence-corrected chi connectivity index (χ2v) is 15.4. The highest BCUT2D eigenvalue weighted by atomic mass is 16.3. The first-order chi connectivity index (χ1) is 29.7. The Morgan fingerprint density at radius 3 is 1.68 bits per heavy atom. The van der Waals surface area contributed by atoms with Crippen molar-refractivity contribution in [2.24, 2.45) is 0 Å². The van der Waals surface area contributed by atoms with Gasteiger partial charge in [0.05, 0.1) is 22.2 Å². The minimum absolute atomic E-state index is 0.673. The fraction of sp³-hybridized carbons (Fsp3) is 0. The van der Waals surface area contributed by atoms with Crippen LogP contribution in [-0.2, 0) is 0 Å². The van der Waals surface area contributed by atoms with Gasteiger partial charge in [0, 0.05) is 43.7 Å². The Bertz CT molecular complexity index is 3530. The number of hydrogen-bond donors (Lipinski definition) is 0. The van der Waals surface area contributed by atoms with Crippen molar-refractivity contribution in [1.82, 2.24) is 14.5 Å². The van der Waals surface area contributed by atoms with Crippen LogP contribution >= 0.6 is 0 Å². The number of rotatable bonds is 6. The highest BCUT2D eigenvalue weighted by Crippen LogP contribution is 2.41. The minimum atomic E-state index is 0.673. The molecule has 3 aromatic heterocycles. The molecule has 0 spiro atoms. The maximum Gasteiger partial charge on any atom is 0.161 e. The molecule has 0 amide bonds. The molecule has 0 radical (unpaired) electrons. The Morgan fingerprint density at radius 1 is 0.350 bits per heavy atom. The monoisotopic (exact) mass is 765 g/mol. The summed E-state index contributed by atoms with van der Waals surface area (Å²) in [5.74, 6) is 0.673. The maximum atomic E-state index is 6.51. The van der Waals surface area contributed by atoms with E-state index in [0.717, 1.165) is 72.0 Å². The Balaban J connectivity index is 1.03. The first-order valence-electron chi connectivity index (χ1n) is 20.3. The lowest BCUT2D eigenvalue weighted by Crippen LogP contribution is -1.96. The molecular weight excluding hydrogens is 731 g/mol. The van der Waals surface area contributed by atoms with Crippen molar-refractivity contribution in [3.63, 3.8) is 0 Å². The van der Waals surface area contributed by atoms with Crippen LogP contribution in [-0.4, -0.2) is 14.5 Å². The predicted molar refractivity (Wildman–Crippen MR) is 248 cm³/mol. The molecule has 0 aliphatic carbocycles. The maximum absolute atomic E-state index is 6.51. The number of aromatic nitrogens is 3. The average molecular weight is 766 g/mol. The van der Waals surface area contributed by atoms with Gasteiger partial charge in [-0.05, 0) is 94.0 Å². The van der Waals surface area contributed by atoms with Crippen molar-refractivity contribution in [3.05, 3.63) is 212 Å². The average Bonchev–Trinajstić information content (AvgIpc) is 3.87. The van der Waals surface area contributed by atoms with Crippen LogP contribution in [0.25, 0.3) is 116 Å². The van der Waals surface area contributed by atoms with Gasteiger partial charge in [0.1, 0.15) is 11.2 Å². The summed E-state index contributed by atoms with van der Waals surface area (Å²) in [5, 5.41) is 5.47. The van der Waals surface area contributed by atoms with E-state index in [2.05, 4.69) is 187 Å². The lowest BCUT2D eigenvalue weighted by molar-refractivity contribution is 0.669. The molecular formula is C56H35N3O. The third-order valence-corrected chi connectivity index (χ3v) is 11.8. The quantitative estimate of drug-likeness (QED) is 0.169. The summed E-state index contributed by atoms with van der Waals surface area (Å²) in [4.78, 5) is 10.4. The molecule has 3 heterocycles. The minimum Gasteiger partial charge on any atom is -0.456 e. The van der Waals surface area contributed by atoms with Crippen molar-refractivity contribution in [1.29, 1.82) is 0 Å². The molecule has 0 saturated carbocycles. The molecule has 0 aliphatic rings. The van der Waals surface area contributed by atoms with Crippen LogP contribution in [0.4, 0.5) is 0 Å². The molecule has 4 heteroatoms. The van der Waals surface area contributed by atoms with Gasteiger partial charge >= 0.3 is 0 Å². The van der Waals surface area contributed by atoms with Gasteiger partial charge in [-0.25, -0.2) is 9.97 Å². The van der Waals surface area contributed by atoms with Crippen LogP contribution in [0, 0.1) is 0 Å². The summed E-state index contributed by atoms with van der Waals surface area (Å²) in [6.07, 6.45) is 0. The molecule has 0 fully saturated rings. The lowest BCUT2D eigenvalue weighted by Gasteiger charge is -2.14. The zero-order valence-electron chi connectivity index (χ0n) is 32.5. The summed E-state index contributed by atoms with van der Waals surface area (Å²) in [6, 6.07) is 75.2. The summed E-state index contributed by atoms with van der Waals surface area (Å²) in [7, 11) is 0.